The van der Waals surface area contributed by atoms with E-state index >= 15 is 0 Å². The van der Waals surface area contributed by atoms with Crippen LogP contribution in [0, 0.1) is 12.8 Å². The molecule has 0 radical (unpaired) electrons. The summed E-state index contributed by atoms with van der Waals surface area (Å²) in [5.41, 5.74) is 3.30. The molecule has 100 valence electrons. The molecule has 0 saturated carbocycles. The molecule has 0 amide bonds. The molecule has 0 spiro atoms. The van der Waals surface area contributed by atoms with Crippen molar-refractivity contribution in [2.24, 2.45) is 5.92 Å². The number of ether oxygens (including phenoxy) is 1. The van der Waals surface area contributed by atoms with Gasteiger partial charge in [0.2, 0.25) is 0 Å². The molecule has 1 aromatic carbocycles. The molecular weight excluding hydrogens is 242 g/mol. The molecule has 1 fully saturated rings. The number of aromatic nitrogens is 4. The predicted molar refractivity (Wildman–Crippen MR) is 71.3 cm³/mol. The first-order valence-corrected chi connectivity index (χ1v) is 6.48. The van der Waals surface area contributed by atoms with Gasteiger partial charge in [-0.25, -0.2) is 4.68 Å². The predicted octanol–water partition coefficient (Wildman–Crippen LogP) is 1.42. The van der Waals surface area contributed by atoms with E-state index in [1.165, 1.54) is 5.56 Å². The van der Waals surface area contributed by atoms with Crippen molar-refractivity contribution in [3.8, 4) is 5.69 Å². The quantitative estimate of drug-likeness (QED) is 0.899. The van der Waals surface area contributed by atoms with Crippen molar-refractivity contribution < 1.29 is 4.74 Å². The average molecular weight is 259 g/mol. The highest BCUT2D eigenvalue weighted by molar-refractivity contribution is 5.56. The summed E-state index contributed by atoms with van der Waals surface area (Å²) < 4.78 is 7.04. The Morgan fingerprint density at radius 3 is 3.16 bits per heavy atom. The van der Waals surface area contributed by atoms with Crippen LogP contribution in [-0.4, -0.2) is 40.0 Å². The maximum absolute atomic E-state index is 5.39. The third-order valence-electron chi connectivity index (χ3n) is 3.44. The lowest BCUT2D eigenvalue weighted by Gasteiger charge is -2.14. The summed E-state index contributed by atoms with van der Waals surface area (Å²) in [5, 5.41) is 14.7. The SMILES string of the molecule is Cc1ccc(-n2cnnn2)cc1NCC1CCOC1. The minimum Gasteiger partial charge on any atom is -0.384 e. The molecule has 1 saturated heterocycles. The molecule has 0 aliphatic carbocycles. The van der Waals surface area contributed by atoms with Crippen LogP contribution in [0.1, 0.15) is 12.0 Å². The number of nitrogens with one attached hydrogen (secondary N) is 1. The van der Waals surface area contributed by atoms with E-state index in [4.69, 9.17) is 4.74 Å². The molecule has 1 aromatic heterocycles. The molecule has 2 aromatic rings. The number of rotatable bonds is 4. The van der Waals surface area contributed by atoms with Crippen molar-refractivity contribution >= 4 is 5.69 Å². The summed E-state index contributed by atoms with van der Waals surface area (Å²) in [7, 11) is 0. The smallest absolute Gasteiger partial charge is 0.143 e. The fourth-order valence-corrected chi connectivity index (χ4v) is 2.22. The van der Waals surface area contributed by atoms with Crippen molar-refractivity contribution in [3.05, 3.63) is 30.1 Å². The highest BCUT2D eigenvalue weighted by atomic mass is 16.5. The molecular formula is C13H17N5O. The molecule has 1 aliphatic rings. The Balaban J connectivity index is 1.74. The van der Waals surface area contributed by atoms with Crippen LogP contribution in [0.3, 0.4) is 0 Å². The van der Waals surface area contributed by atoms with E-state index in [1.54, 1.807) is 11.0 Å². The lowest BCUT2D eigenvalue weighted by molar-refractivity contribution is 0.187. The number of aryl methyl sites for hydroxylation is 1. The second-order valence-corrected chi connectivity index (χ2v) is 4.86. The van der Waals surface area contributed by atoms with E-state index < -0.39 is 0 Å². The molecule has 1 unspecified atom stereocenters. The van der Waals surface area contributed by atoms with Gasteiger partial charge in [-0.05, 0) is 41.5 Å². The number of hydrogen-bond acceptors (Lipinski definition) is 5. The van der Waals surface area contributed by atoms with Gasteiger partial charge in [0.25, 0.3) is 0 Å². The van der Waals surface area contributed by atoms with E-state index in [-0.39, 0.29) is 0 Å². The average Bonchev–Trinajstić information content (AvgIpc) is 3.11. The fraction of sp³-hybridized carbons (Fsp3) is 0.462. The van der Waals surface area contributed by atoms with Crippen LogP contribution in [0.5, 0.6) is 0 Å². The normalized spacial score (nSPS) is 18.7. The molecule has 1 N–H and O–H groups in total. The summed E-state index contributed by atoms with van der Waals surface area (Å²) in [5.74, 6) is 0.607. The standard InChI is InChI=1S/C13H17N5O/c1-10-2-3-12(18-9-15-16-17-18)6-13(10)14-7-11-4-5-19-8-11/h2-3,6,9,11,14H,4-5,7-8H2,1H3. The highest BCUT2D eigenvalue weighted by Crippen LogP contribution is 2.20. The van der Waals surface area contributed by atoms with E-state index in [0.717, 1.165) is 37.6 Å². The van der Waals surface area contributed by atoms with E-state index in [1.807, 2.05) is 6.07 Å². The van der Waals surface area contributed by atoms with Crippen molar-refractivity contribution in [2.75, 3.05) is 25.1 Å². The molecule has 1 atom stereocenters. The molecule has 6 nitrogen and oxygen atoms in total. The van der Waals surface area contributed by atoms with Crippen LogP contribution in [-0.2, 0) is 4.74 Å². The van der Waals surface area contributed by atoms with Gasteiger partial charge in [-0.3, -0.25) is 0 Å². The largest absolute Gasteiger partial charge is 0.384 e. The molecule has 0 bridgehead atoms. The Morgan fingerprint density at radius 1 is 1.47 bits per heavy atom. The highest BCUT2D eigenvalue weighted by Gasteiger charge is 2.15. The number of anilines is 1. The zero-order valence-electron chi connectivity index (χ0n) is 10.9. The van der Waals surface area contributed by atoms with Gasteiger partial charge in [0.05, 0.1) is 12.3 Å². The second-order valence-electron chi connectivity index (χ2n) is 4.86. The second kappa shape index (κ2) is 5.36. The monoisotopic (exact) mass is 259 g/mol. The first kappa shape index (κ1) is 12.1. The summed E-state index contributed by atoms with van der Waals surface area (Å²) in [4.78, 5) is 0. The molecule has 2 heterocycles. The number of hydrogen-bond donors (Lipinski definition) is 1. The Bertz CT molecular complexity index is 534. The van der Waals surface area contributed by atoms with Gasteiger partial charge in [-0.2, -0.15) is 0 Å². The van der Waals surface area contributed by atoms with Gasteiger partial charge < -0.3 is 10.1 Å². The van der Waals surface area contributed by atoms with E-state index in [0.29, 0.717) is 5.92 Å². The number of nitrogens with zero attached hydrogens (tertiary/aromatic N) is 4. The van der Waals surface area contributed by atoms with Gasteiger partial charge >= 0.3 is 0 Å². The minimum absolute atomic E-state index is 0.607. The third kappa shape index (κ3) is 2.73. The first-order valence-electron chi connectivity index (χ1n) is 6.48. The molecule has 19 heavy (non-hydrogen) atoms. The first-order chi connectivity index (χ1) is 9.33. The topological polar surface area (TPSA) is 64.9 Å². The molecule has 6 heteroatoms. The van der Waals surface area contributed by atoms with Crippen LogP contribution >= 0.6 is 0 Å². The van der Waals surface area contributed by atoms with Crippen molar-refractivity contribution in [3.63, 3.8) is 0 Å². The maximum Gasteiger partial charge on any atom is 0.143 e. The van der Waals surface area contributed by atoms with Crippen LogP contribution < -0.4 is 5.32 Å². The van der Waals surface area contributed by atoms with Crippen molar-refractivity contribution in [1.29, 1.82) is 0 Å². The van der Waals surface area contributed by atoms with Gasteiger partial charge in [-0.1, -0.05) is 6.07 Å². The van der Waals surface area contributed by atoms with Crippen LogP contribution in [0.4, 0.5) is 5.69 Å². The van der Waals surface area contributed by atoms with Crippen LogP contribution in [0.2, 0.25) is 0 Å². The lowest BCUT2D eigenvalue weighted by atomic mass is 10.1. The van der Waals surface area contributed by atoms with Gasteiger partial charge in [0.15, 0.2) is 0 Å². The summed E-state index contributed by atoms with van der Waals surface area (Å²) in [6, 6.07) is 6.15. The van der Waals surface area contributed by atoms with Gasteiger partial charge in [0.1, 0.15) is 6.33 Å². The summed E-state index contributed by atoms with van der Waals surface area (Å²) in [6.07, 6.45) is 2.73. The zero-order chi connectivity index (χ0) is 13.1. The lowest BCUT2D eigenvalue weighted by Crippen LogP contribution is -2.14. The van der Waals surface area contributed by atoms with Gasteiger partial charge in [-0.15, -0.1) is 5.10 Å². The fourth-order valence-electron chi connectivity index (χ4n) is 2.22. The Morgan fingerprint density at radius 2 is 2.42 bits per heavy atom. The summed E-state index contributed by atoms with van der Waals surface area (Å²) >= 11 is 0. The van der Waals surface area contributed by atoms with E-state index in [2.05, 4.69) is 39.9 Å². The number of benzene rings is 1. The Kier molecular flexibility index (Phi) is 3.41. The van der Waals surface area contributed by atoms with Gasteiger partial charge in [0, 0.05) is 24.8 Å². The minimum atomic E-state index is 0.607. The van der Waals surface area contributed by atoms with Crippen molar-refractivity contribution in [2.45, 2.75) is 13.3 Å². The zero-order valence-corrected chi connectivity index (χ0v) is 10.9. The maximum atomic E-state index is 5.39. The van der Waals surface area contributed by atoms with Crippen LogP contribution in [0.25, 0.3) is 5.69 Å². The Labute approximate surface area is 111 Å². The van der Waals surface area contributed by atoms with E-state index in [9.17, 15) is 0 Å². The molecule has 3 rings (SSSR count). The summed E-state index contributed by atoms with van der Waals surface area (Å²) in [6.45, 7) is 4.78. The number of tetrazole rings is 1. The van der Waals surface area contributed by atoms with Crippen LogP contribution in [0.15, 0.2) is 24.5 Å². The molecule has 1 aliphatic heterocycles. The third-order valence-corrected chi connectivity index (χ3v) is 3.44. The Hall–Kier alpha value is -1.95. The van der Waals surface area contributed by atoms with Crippen molar-refractivity contribution in [1.82, 2.24) is 20.2 Å².